The third-order valence-electron chi connectivity index (χ3n) is 6.11. The predicted molar refractivity (Wildman–Crippen MR) is 123 cm³/mol. The maximum absolute atomic E-state index is 4.85. The average Bonchev–Trinajstić information content (AvgIpc) is 2.75. The summed E-state index contributed by atoms with van der Waals surface area (Å²) >= 11 is 0. The number of hydrogen-bond donors (Lipinski definition) is 2. The van der Waals surface area contributed by atoms with Crippen LogP contribution in [0.2, 0.25) is 0 Å². The molecule has 5 heteroatoms. The summed E-state index contributed by atoms with van der Waals surface area (Å²) in [6.45, 7) is 13.2. The van der Waals surface area contributed by atoms with Crippen molar-refractivity contribution in [2.45, 2.75) is 71.5 Å². The van der Waals surface area contributed by atoms with Gasteiger partial charge in [-0.05, 0) is 69.8 Å². The van der Waals surface area contributed by atoms with Gasteiger partial charge in [0, 0.05) is 32.2 Å². The van der Waals surface area contributed by atoms with E-state index in [1.165, 1.54) is 82.4 Å². The summed E-state index contributed by atoms with van der Waals surface area (Å²) in [5.41, 5.74) is 2.70. The van der Waals surface area contributed by atoms with Crippen LogP contribution in [-0.2, 0) is 13.1 Å². The molecular weight excluding hydrogens is 358 g/mol. The first-order chi connectivity index (χ1) is 14.3. The molecule has 162 valence electrons. The van der Waals surface area contributed by atoms with Crippen LogP contribution in [0.4, 0.5) is 0 Å². The van der Waals surface area contributed by atoms with E-state index in [1.54, 1.807) is 0 Å². The molecule has 5 nitrogen and oxygen atoms in total. The van der Waals surface area contributed by atoms with Gasteiger partial charge < -0.3 is 15.5 Å². The lowest BCUT2D eigenvalue weighted by Gasteiger charge is -2.32. The third-order valence-corrected chi connectivity index (χ3v) is 6.11. The Morgan fingerprint density at radius 2 is 1.62 bits per heavy atom. The summed E-state index contributed by atoms with van der Waals surface area (Å²) in [6.07, 6.45) is 7.76. The molecule has 2 heterocycles. The molecule has 1 aromatic carbocycles. The van der Waals surface area contributed by atoms with E-state index >= 15 is 0 Å². The zero-order valence-electron chi connectivity index (χ0n) is 18.6. The Balaban J connectivity index is 1.47. The smallest absolute Gasteiger partial charge is 0.191 e. The lowest BCUT2D eigenvalue weighted by molar-refractivity contribution is 0.206. The van der Waals surface area contributed by atoms with Crippen LogP contribution in [0.1, 0.15) is 63.5 Å². The Labute approximate surface area is 178 Å². The zero-order valence-corrected chi connectivity index (χ0v) is 18.6. The second kappa shape index (κ2) is 12.2. The van der Waals surface area contributed by atoms with E-state index in [1.807, 2.05) is 0 Å². The highest BCUT2D eigenvalue weighted by atomic mass is 15.2. The molecular formula is C24H41N5. The normalized spacial score (nSPS) is 20.0. The second-order valence-corrected chi connectivity index (χ2v) is 8.61. The van der Waals surface area contributed by atoms with Gasteiger partial charge in [-0.3, -0.25) is 4.90 Å². The molecule has 0 bridgehead atoms. The van der Waals surface area contributed by atoms with Gasteiger partial charge in [-0.15, -0.1) is 0 Å². The number of rotatable bonds is 8. The van der Waals surface area contributed by atoms with Crippen LogP contribution in [0.15, 0.2) is 29.3 Å². The summed E-state index contributed by atoms with van der Waals surface area (Å²) in [6, 6.07) is 9.59. The van der Waals surface area contributed by atoms with E-state index in [0.29, 0.717) is 6.04 Å². The molecule has 2 N–H and O–H groups in total. The van der Waals surface area contributed by atoms with Crippen molar-refractivity contribution in [2.75, 3.05) is 39.3 Å². The van der Waals surface area contributed by atoms with Crippen molar-refractivity contribution in [2.24, 2.45) is 4.99 Å². The molecule has 2 aliphatic heterocycles. The van der Waals surface area contributed by atoms with Crippen LogP contribution in [0.25, 0.3) is 0 Å². The molecule has 2 saturated heterocycles. The Kier molecular flexibility index (Phi) is 9.29. The number of benzene rings is 1. The molecule has 0 spiro atoms. The number of nitrogens with one attached hydrogen (secondary N) is 2. The molecule has 2 aliphatic rings. The van der Waals surface area contributed by atoms with Gasteiger partial charge in [-0.1, -0.05) is 37.6 Å². The maximum atomic E-state index is 4.85. The SMILES string of the molecule is CCCN1CCC(NC(=NCc2ccc(CN3CCCCC3)cc2)NCC)CC1. The second-order valence-electron chi connectivity index (χ2n) is 8.61. The molecule has 0 aliphatic carbocycles. The van der Waals surface area contributed by atoms with Crippen LogP contribution in [-0.4, -0.2) is 61.1 Å². The minimum absolute atomic E-state index is 0.535. The third kappa shape index (κ3) is 7.63. The van der Waals surface area contributed by atoms with Crippen molar-refractivity contribution in [3.63, 3.8) is 0 Å². The van der Waals surface area contributed by atoms with E-state index in [2.05, 4.69) is 58.5 Å². The topological polar surface area (TPSA) is 42.9 Å². The molecule has 0 saturated carbocycles. The summed E-state index contributed by atoms with van der Waals surface area (Å²) < 4.78 is 0. The van der Waals surface area contributed by atoms with Crippen molar-refractivity contribution in [1.29, 1.82) is 0 Å². The number of likely N-dealkylation sites (tertiary alicyclic amines) is 2. The minimum Gasteiger partial charge on any atom is -0.357 e. The Hall–Kier alpha value is -1.59. The lowest BCUT2D eigenvalue weighted by Crippen LogP contribution is -2.48. The number of nitrogens with zero attached hydrogens (tertiary/aromatic N) is 3. The van der Waals surface area contributed by atoms with Crippen molar-refractivity contribution in [3.8, 4) is 0 Å². The van der Waals surface area contributed by atoms with Crippen LogP contribution in [0.5, 0.6) is 0 Å². The van der Waals surface area contributed by atoms with Crippen LogP contribution in [0, 0.1) is 0 Å². The zero-order chi connectivity index (χ0) is 20.3. The lowest BCUT2D eigenvalue weighted by atomic mass is 10.1. The molecule has 0 unspecified atom stereocenters. The molecule has 0 radical (unpaired) electrons. The van der Waals surface area contributed by atoms with E-state index in [0.717, 1.165) is 25.6 Å². The predicted octanol–water partition coefficient (Wildman–Crippen LogP) is 3.60. The summed E-state index contributed by atoms with van der Waals surface area (Å²) in [4.78, 5) is 10.0. The fourth-order valence-corrected chi connectivity index (χ4v) is 4.43. The molecule has 0 amide bonds. The van der Waals surface area contributed by atoms with Crippen molar-refractivity contribution < 1.29 is 0 Å². The first-order valence-electron chi connectivity index (χ1n) is 11.8. The number of hydrogen-bond acceptors (Lipinski definition) is 3. The first kappa shape index (κ1) is 22.1. The molecule has 0 aromatic heterocycles. The highest BCUT2D eigenvalue weighted by Gasteiger charge is 2.19. The van der Waals surface area contributed by atoms with E-state index in [-0.39, 0.29) is 0 Å². The minimum atomic E-state index is 0.535. The number of piperidine rings is 2. The molecule has 0 atom stereocenters. The van der Waals surface area contributed by atoms with Gasteiger partial charge in [0.1, 0.15) is 0 Å². The summed E-state index contributed by atoms with van der Waals surface area (Å²) in [5.74, 6) is 0.957. The largest absolute Gasteiger partial charge is 0.357 e. The van der Waals surface area contributed by atoms with Gasteiger partial charge in [-0.2, -0.15) is 0 Å². The van der Waals surface area contributed by atoms with Gasteiger partial charge >= 0.3 is 0 Å². The molecule has 1 aromatic rings. The molecule has 29 heavy (non-hydrogen) atoms. The van der Waals surface area contributed by atoms with Gasteiger partial charge in [0.25, 0.3) is 0 Å². The Bertz CT molecular complexity index is 598. The highest BCUT2D eigenvalue weighted by molar-refractivity contribution is 5.80. The van der Waals surface area contributed by atoms with E-state index in [9.17, 15) is 0 Å². The van der Waals surface area contributed by atoms with Crippen molar-refractivity contribution >= 4 is 5.96 Å². The Morgan fingerprint density at radius 3 is 2.28 bits per heavy atom. The van der Waals surface area contributed by atoms with Crippen LogP contribution in [0.3, 0.4) is 0 Å². The van der Waals surface area contributed by atoms with Gasteiger partial charge in [0.15, 0.2) is 5.96 Å². The van der Waals surface area contributed by atoms with E-state index < -0.39 is 0 Å². The van der Waals surface area contributed by atoms with Gasteiger partial charge in [0.2, 0.25) is 0 Å². The maximum Gasteiger partial charge on any atom is 0.191 e. The first-order valence-corrected chi connectivity index (χ1v) is 11.8. The average molecular weight is 400 g/mol. The van der Waals surface area contributed by atoms with Gasteiger partial charge in [0.05, 0.1) is 6.54 Å². The fourth-order valence-electron chi connectivity index (χ4n) is 4.43. The fraction of sp³-hybridized carbons (Fsp3) is 0.708. The van der Waals surface area contributed by atoms with Crippen molar-refractivity contribution in [3.05, 3.63) is 35.4 Å². The highest BCUT2D eigenvalue weighted by Crippen LogP contribution is 2.14. The van der Waals surface area contributed by atoms with Crippen molar-refractivity contribution in [1.82, 2.24) is 20.4 Å². The summed E-state index contributed by atoms with van der Waals surface area (Å²) in [5, 5.41) is 7.08. The number of aliphatic imine (C=N–C) groups is 1. The summed E-state index contributed by atoms with van der Waals surface area (Å²) in [7, 11) is 0. The van der Waals surface area contributed by atoms with E-state index in [4.69, 9.17) is 4.99 Å². The standard InChI is InChI=1S/C24H41N5/c1-3-14-28-17-12-23(13-18-28)27-24(25-4-2)26-19-21-8-10-22(11-9-21)20-29-15-6-5-7-16-29/h8-11,23H,3-7,12-20H2,1-2H3,(H2,25,26,27). The molecule has 2 fully saturated rings. The van der Waals surface area contributed by atoms with Crippen LogP contribution >= 0.6 is 0 Å². The van der Waals surface area contributed by atoms with Crippen LogP contribution < -0.4 is 10.6 Å². The monoisotopic (exact) mass is 399 g/mol. The Morgan fingerprint density at radius 1 is 0.931 bits per heavy atom. The molecule has 3 rings (SSSR count). The number of guanidine groups is 1. The quantitative estimate of drug-likeness (QED) is 0.518. The van der Waals surface area contributed by atoms with Gasteiger partial charge in [-0.25, -0.2) is 4.99 Å².